The standard InChI is InChI=1S/C28H31N/c1-2-3-4-5-6-7-9-12-23-15-18-26(19-16-23)28-21-24(22-29)17-20-27(28)25-13-10-8-11-14-25/h8,10-11,13-21H,2-7,9,12H2,1H3. The van der Waals surface area contributed by atoms with Gasteiger partial charge in [0, 0.05) is 0 Å². The Kier molecular flexibility index (Phi) is 8.08. The van der Waals surface area contributed by atoms with Crippen LogP contribution in [0.1, 0.15) is 63.0 Å². The second-order valence-corrected chi connectivity index (χ2v) is 7.81. The predicted molar refractivity (Wildman–Crippen MR) is 124 cm³/mol. The van der Waals surface area contributed by atoms with E-state index >= 15 is 0 Å². The van der Waals surface area contributed by atoms with Crippen molar-refractivity contribution in [3.8, 4) is 28.3 Å². The monoisotopic (exact) mass is 381 g/mol. The lowest BCUT2D eigenvalue weighted by atomic mass is 9.92. The van der Waals surface area contributed by atoms with Crippen LogP contribution in [-0.2, 0) is 6.42 Å². The van der Waals surface area contributed by atoms with E-state index in [1.54, 1.807) is 0 Å². The molecule has 1 nitrogen and oxygen atoms in total. The molecule has 0 bridgehead atoms. The Labute approximate surface area is 176 Å². The Balaban J connectivity index is 1.69. The van der Waals surface area contributed by atoms with Crippen LogP contribution in [0.25, 0.3) is 22.3 Å². The van der Waals surface area contributed by atoms with Gasteiger partial charge >= 0.3 is 0 Å². The van der Waals surface area contributed by atoms with Gasteiger partial charge < -0.3 is 0 Å². The van der Waals surface area contributed by atoms with Gasteiger partial charge in [0.1, 0.15) is 0 Å². The number of aryl methyl sites for hydroxylation is 1. The van der Waals surface area contributed by atoms with Crippen LogP contribution in [0.5, 0.6) is 0 Å². The Morgan fingerprint density at radius 2 is 1.31 bits per heavy atom. The Morgan fingerprint density at radius 3 is 2.00 bits per heavy atom. The molecule has 1 heteroatoms. The molecule has 0 saturated heterocycles. The zero-order valence-electron chi connectivity index (χ0n) is 17.5. The first kappa shape index (κ1) is 20.9. The van der Waals surface area contributed by atoms with Gasteiger partial charge in [0.05, 0.1) is 11.6 Å². The molecule has 0 N–H and O–H groups in total. The summed E-state index contributed by atoms with van der Waals surface area (Å²) in [5.74, 6) is 0. The van der Waals surface area contributed by atoms with E-state index < -0.39 is 0 Å². The van der Waals surface area contributed by atoms with E-state index in [2.05, 4.69) is 67.6 Å². The summed E-state index contributed by atoms with van der Waals surface area (Å²) in [5, 5.41) is 9.35. The molecular weight excluding hydrogens is 350 g/mol. The molecule has 0 fully saturated rings. The van der Waals surface area contributed by atoms with Crippen LogP contribution in [0.4, 0.5) is 0 Å². The first-order chi connectivity index (χ1) is 14.3. The smallest absolute Gasteiger partial charge is 0.0991 e. The molecule has 0 amide bonds. The molecule has 0 spiro atoms. The summed E-state index contributed by atoms with van der Waals surface area (Å²) in [5.41, 5.74) is 6.75. The molecule has 0 heterocycles. The second-order valence-electron chi connectivity index (χ2n) is 7.81. The zero-order valence-corrected chi connectivity index (χ0v) is 17.5. The Morgan fingerprint density at radius 1 is 0.655 bits per heavy atom. The van der Waals surface area contributed by atoms with Crippen LogP contribution in [0.15, 0.2) is 72.8 Å². The molecule has 148 valence electrons. The van der Waals surface area contributed by atoms with E-state index in [4.69, 9.17) is 0 Å². The van der Waals surface area contributed by atoms with Crippen molar-refractivity contribution in [1.29, 1.82) is 5.26 Å². The molecule has 0 aliphatic heterocycles. The number of hydrogen-bond donors (Lipinski definition) is 0. The van der Waals surface area contributed by atoms with E-state index in [0.717, 1.165) is 12.0 Å². The van der Waals surface area contributed by atoms with Gasteiger partial charge in [-0.05, 0) is 52.8 Å². The summed E-state index contributed by atoms with van der Waals surface area (Å²) >= 11 is 0. The molecule has 0 saturated carbocycles. The highest BCUT2D eigenvalue weighted by Crippen LogP contribution is 2.33. The van der Waals surface area contributed by atoms with Gasteiger partial charge in [0.2, 0.25) is 0 Å². The lowest BCUT2D eigenvalue weighted by molar-refractivity contribution is 0.589. The third kappa shape index (κ3) is 6.06. The SMILES string of the molecule is CCCCCCCCCc1ccc(-c2cc(C#N)ccc2-c2ccccc2)cc1. The zero-order chi connectivity index (χ0) is 20.3. The molecule has 3 aromatic carbocycles. The van der Waals surface area contributed by atoms with Crippen molar-refractivity contribution in [1.82, 2.24) is 0 Å². The molecule has 0 radical (unpaired) electrons. The first-order valence-electron chi connectivity index (χ1n) is 11.0. The van der Waals surface area contributed by atoms with Crippen molar-refractivity contribution >= 4 is 0 Å². The number of benzene rings is 3. The van der Waals surface area contributed by atoms with E-state index in [9.17, 15) is 5.26 Å². The molecule has 3 aromatic rings. The number of rotatable bonds is 10. The third-order valence-electron chi connectivity index (χ3n) is 5.57. The van der Waals surface area contributed by atoms with Gasteiger partial charge in [-0.2, -0.15) is 5.26 Å². The molecule has 0 unspecified atom stereocenters. The molecule has 0 aliphatic rings. The molecule has 0 aliphatic carbocycles. The van der Waals surface area contributed by atoms with Crippen LogP contribution in [0, 0.1) is 11.3 Å². The summed E-state index contributed by atoms with van der Waals surface area (Å²) in [6.45, 7) is 2.27. The van der Waals surface area contributed by atoms with Crippen LogP contribution >= 0.6 is 0 Å². The lowest BCUT2D eigenvalue weighted by Gasteiger charge is -2.12. The minimum Gasteiger partial charge on any atom is -0.192 e. The highest BCUT2D eigenvalue weighted by molar-refractivity contribution is 5.84. The summed E-state index contributed by atoms with van der Waals surface area (Å²) in [7, 11) is 0. The lowest BCUT2D eigenvalue weighted by Crippen LogP contribution is -1.90. The summed E-state index contributed by atoms with van der Waals surface area (Å²) in [6, 6.07) is 27.6. The second kappa shape index (κ2) is 11.2. The van der Waals surface area contributed by atoms with E-state index in [-0.39, 0.29) is 0 Å². The molecular formula is C28H31N. The van der Waals surface area contributed by atoms with Crippen molar-refractivity contribution in [2.45, 2.75) is 58.3 Å². The predicted octanol–water partition coefficient (Wildman–Crippen LogP) is 8.19. The number of nitrogens with zero attached hydrogens (tertiary/aromatic N) is 1. The van der Waals surface area contributed by atoms with Gasteiger partial charge in [0.25, 0.3) is 0 Å². The third-order valence-corrected chi connectivity index (χ3v) is 5.57. The van der Waals surface area contributed by atoms with Gasteiger partial charge in [-0.25, -0.2) is 0 Å². The van der Waals surface area contributed by atoms with E-state index in [0.29, 0.717) is 5.56 Å². The largest absolute Gasteiger partial charge is 0.192 e. The maximum Gasteiger partial charge on any atom is 0.0991 e. The fraction of sp³-hybridized carbons (Fsp3) is 0.321. The maximum atomic E-state index is 9.35. The van der Waals surface area contributed by atoms with Gasteiger partial charge in [0.15, 0.2) is 0 Å². The topological polar surface area (TPSA) is 23.8 Å². The van der Waals surface area contributed by atoms with Crippen LogP contribution in [-0.4, -0.2) is 0 Å². The fourth-order valence-electron chi connectivity index (χ4n) is 3.86. The van der Waals surface area contributed by atoms with Gasteiger partial charge in [-0.3, -0.25) is 0 Å². The highest BCUT2D eigenvalue weighted by atomic mass is 14.2. The average Bonchev–Trinajstić information content (AvgIpc) is 2.79. The maximum absolute atomic E-state index is 9.35. The molecule has 29 heavy (non-hydrogen) atoms. The number of nitriles is 1. The minimum atomic E-state index is 0.701. The highest BCUT2D eigenvalue weighted by Gasteiger charge is 2.09. The summed E-state index contributed by atoms with van der Waals surface area (Å²) < 4.78 is 0. The van der Waals surface area contributed by atoms with Crippen molar-refractivity contribution in [3.05, 3.63) is 83.9 Å². The summed E-state index contributed by atoms with van der Waals surface area (Å²) in [6.07, 6.45) is 10.6. The molecule has 3 rings (SSSR count). The van der Waals surface area contributed by atoms with Crippen molar-refractivity contribution in [2.24, 2.45) is 0 Å². The van der Waals surface area contributed by atoms with Gasteiger partial charge in [-0.15, -0.1) is 0 Å². The van der Waals surface area contributed by atoms with Crippen molar-refractivity contribution in [2.75, 3.05) is 0 Å². The van der Waals surface area contributed by atoms with Crippen LogP contribution < -0.4 is 0 Å². The van der Waals surface area contributed by atoms with Crippen LogP contribution in [0.3, 0.4) is 0 Å². The van der Waals surface area contributed by atoms with Gasteiger partial charge in [-0.1, -0.05) is 106 Å². The van der Waals surface area contributed by atoms with Crippen molar-refractivity contribution in [3.63, 3.8) is 0 Å². The normalized spacial score (nSPS) is 10.6. The molecule has 0 atom stereocenters. The average molecular weight is 382 g/mol. The Hall–Kier alpha value is -2.85. The number of unbranched alkanes of at least 4 members (excludes halogenated alkanes) is 6. The van der Waals surface area contributed by atoms with E-state index in [1.807, 2.05) is 18.2 Å². The minimum absolute atomic E-state index is 0.701. The number of hydrogen-bond acceptors (Lipinski definition) is 1. The molecule has 0 aromatic heterocycles. The quantitative estimate of drug-likeness (QED) is 0.325. The summed E-state index contributed by atoms with van der Waals surface area (Å²) in [4.78, 5) is 0. The first-order valence-corrected chi connectivity index (χ1v) is 11.0. The van der Waals surface area contributed by atoms with Crippen LogP contribution in [0.2, 0.25) is 0 Å². The van der Waals surface area contributed by atoms with Crippen molar-refractivity contribution < 1.29 is 0 Å². The van der Waals surface area contributed by atoms with E-state index in [1.165, 1.54) is 67.2 Å². The fourth-order valence-corrected chi connectivity index (χ4v) is 3.86. The Bertz CT molecular complexity index is 917.